The maximum absolute atomic E-state index is 6.36. The summed E-state index contributed by atoms with van der Waals surface area (Å²) in [5, 5.41) is 2.05. The number of pyridine rings is 1. The third kappa shape index (κ3) is 2.64. The van der Waals surface area contributed by atoms with E-state index in [1.54, 1.807) is 11.3 Å². The van der Waals surface area contributed by atoms with Gasteiger partial charge in [0.25, 0.3) is 0 Å². The molecule has 1 aromatic carbocycles. The Morgan fingerprint density at radius 3 is 2.71 bits per heavy atom. The summed E-state index contributed by atoms with van der Waals surface area (Å²) < 4.78 is 6.94. The molecule has 1 aliphatic rings. The molecule has 0 aliphatic heterocycles. The molecule has 0 spiro atoms. The summed E-state index contributed by atoms with van der Waals surface area (Å²) >= 11 is 1.69. The van der Waals surface area contributed by atoms with E-state index in [-0.39, 0.29) is 6.04 Å². The Kier molecular flexibility index (Phi) is 3.13. The van der Waals surface area contributed by atoms with Gasteiger partial charge in [-0.25, -0.2) is 0 Å². The number of aromatic nitrogens is 1. The smallest absolute Gasteiger partial charge is 0.119 e. The third-order valence-corrected chi connectivity index (χ3v) is 4.60. The summed E-state index contributed by atoms with van der Waals surface area (Å²) in [6.45, 7) is 0. The molecule has 1 unspecified atom stereocenters. The molecule has 0 amide bonds. The van der Waals surface area contributed by atoms with Gasteiger partial charge < -0.3 is 10.5 Å². The Morgan fingerprint density at radius 2 is 1.95 bits per heavy atom. The lowest BCUT2D eigenvalue weighted by atomic mass is 10.0. The molecule has 1 aliphatic carbocycles. The molecule has 106 valence electrons. The number of hydrogen-bond acceptors (Lipinski definition) is 4. The number of rotatable bonds is 4. The minimum absolute atomic E-state index is 0.154. The highest BCUT2D eigenvalue weighted by Crippen LogP contribution is 2.29. The standard InChI is InChI=1S/C17H16N2OS/c18-17(12-9-16-15(19-10-12)7-8-21-16)11-1-3-13(4-2-11)20-14-5-6-14/h1-4,7-10,14,17H,5-6,18H2. The fourth-order valence-corrected chi connectivity index (χ4v) is 3.15. The van der Waals surface area contributed by atoms with Crippen LogP contribution in [-0.4, -0.2) is 11.1 Å². The maximum Gasteiger partial charge on any atom is 0.119 e. The molecule has 1 atom stereocenters. The number of nitrogens with zero attached hydrogens (tertiary/aromatic N) is 1. The molecule has 2 N–H and O–H groups in total. The second kappa shape index (κ2) is 5.13. The molecular weight excluding hydrogens is 280 g/mol. The van der Waals surface area contributed by atoms with Gasteiger partial charge >= 0.3 is 0 Å². The van der Waals surface area contributed by atoms with Crippen LogP contribution in [0.15, 0.2) is 48.0 Å². The van der Waals surface area contributed by atoms with E-state index in [1.165, 1.54) is 17.5 Å². The van der Waals surface area contributed by atoms with Gasteiger partial charge in [0.05, 0.1) is 22.4 Å². The topological polar surface area (TPSA) is 48.1 Å². The van der Waals surface area contributed by atoms with Crippen molar-refractivity contribution in [1.29, 1.82) is 0 Å². The van der Waals surface area contributed by atoms with Crippen molar-refractivity contribution in [2.75, 3.05) is 0 Å². The third-order valence-electron chi connectivity index (χ3n) is 3.75. The van der Waals surface area contributed by atoms with Gasteiger partial charge in [-0.05, 0) is 53.6 Å². The number of benzene rings is 1. The second-order valence-corrected chi connectivity index (χ2v) is 6.38. The molecule has 4 heteroatoms. The van der Waals surface area contributed by atoms with Crippen LogP contribution < -0.4 is 10.5 Å². The zero-order chi connectivity index (χ0) is 14.2. The first-order valence-corrected chi connectivity index (χ1v) is 8.03. The Morgan fingerprint density at radius 1 is 1.14 bits per heavy atom. The molecule has 0 radical (unpaired) electrons. The summed E-state index contributed by atoms with van der Waals surface area (Å²) in [5.74, 6) is 0.931. The predicted octanol–water partition coefficient (Wildman–Crippen LogP) is 3.89. The quantitative estimate of drug-likeness (QED) is 0.794. The van der Waals surface area contributed by atoms with Crippen molar-refractivity contribution in [2.24, 2.45) is 5.73 Å². The second-order valence-electron chi connectivity index (χ2n) is 5.44. The number of thiophene rings is 1. The van der Waals surface area contributed by atoms with E-state index in [4.69, 9.17) is 10.5 Å². The van der Waals surface area contributed by atoms with Gasteiger partial charge in [0.1, 0.15) is 5.75 Å². The minimum atomic E-state index is -0.154. The molecule has 2 heterocycles. The summed E-state index contributed by atoms with van der Waals surface area (Å²) in [6.07, 6.45) is 4.64. The molecular formula is C17H16N2OS. The van der Waals surface area contributed by atoms with Crippen LogP contribution in [0.2, 0.25) is 0 Å². The monoisotopic (exact) mass is 296 g/mol. The van der Waals surface area contributed by atoms with Gasteiger partial charge in [-0.3, -0.25) is 4.98 Å². The number of nitrogens with two attached hydrogens (primary N) is 1. The molecule has 1 fully saturated rings. The van der Waals surface area contributed by atoms with Crippen molar-refractivity contribution in [3.63, 3.8) is 0 Å². The predicted molar refractivity (Wildman–Crippen MR) is 85.7 cm³/mol. The van der Waals surface area contributed by atoms with Gasteiger partial charge in [-0.15, -0.1) is 11.3 Å². The molecule has 0 bridgehead atoms. The van der Waals surface area contributed by atoms with Crippen molar-refractivity contribution < 1.29 is 4.74 Å². The normalized spacial score (nSPS) is 16.0. The lowest BCUT2D eigenvalue weighted by Gasteiger charge is -2.13. The fraction of sp³-hybridized carbons (Fsp3) is 0.235. The molecule has 3 nitrogen and oxygen atoms in total. The number of ether oxygens (including phenoxy) is 1. The van der Waals surface area contributed by atoms with E-state index in [1.807, 2.05) is 36.5 Å². The summed E-state index contributed by atoms with van der Waals surface area (Å²) in [4.78, 5) is 4.46. The Bertz CT molecular complexity index is 762. The average Bonchev–Trinajstić information content (AvgIpc) is 3.21. The molecule has 4 rings (SSSR count). The SMILES string of the molecule is NC(c1ccc(OC2CC2)cc1)c1cnc2ccsc2c1. The fourth-order valence-electron chi connectivity index (χ4n) is 2.36. The Balaban J connectivity index is 1.58. The van der Waals surface area contributed by atoms with Gasteiger partial charge in [0.15, 0.2) is 0 Å². The van der Waals surface area contributed by atoms with E-state index in [9.17, 15) is 0 Å². The van der Waals surface area contributed by atoms with Crippen LogP contribution in [0.3, 0.4) is 0 Å². The highest BCUT2D eigenvalue weighted by molar-refractivity contribution is 7.17. The molecule has 0 saturated heterocycles. The van der Waals surface area contributed by atoms with Crippen molar-refractivity contribution >= 4 is 21.6 Å². The number of hydrogen-bond donors (Lipinski definition) is 1. The molecule has 2 aromatic heterocycles. The van der Waals surface area contributed by atoms with Crippen LogP contribution in [0, 0.1) is 0 Å². The van der Waals surface area contributed by atoms with Gasteiger partial charge in [-0.1, -0.05) is 12.1 Å². The summed E-state index contributed by atoms with van der Waals surface area (Å²) in [7, 11) is 0. The van der Waals surface area contributed by atoms with E-state index in [0.29, 0.717) is 6.10 Å². The van der Waals surface area contributed by atoms with Crippen molar-refractivity contribution in [3.05, 3.63) is 59.1 Å². The van der Waals surface area contributed by atoms with Gasteiger partial charge in [0.2, 0.25) is 0 Å². The average molecular weight is 296 g/mol. The largest absolute Gasteiger partial charge is 0.490 e. The first kappa shape index (κ1) is 12.8. The van der Waals surface area contributed by atoms with E-state index >= 15 is 0 Å². The molecule has 1 saturated carbocycles. The molecule has 21 heavy (non-hydrogen) atoms. The van der Waals surface area contributed by atoms with Crippen molar-refractivity contribution in [3.8, 4) is 5.75 Å². The van der Waals surface area contributed by atoms with Gasteiger partial charge in [0, 0.05) is 6.20 Å². The molecule has 3 aromatic rings. The van der Waals surface area contributed by atoms with Crippen LogP contribution in [0.4, 0.5) is 0 Å². The minimum Gasteiger partial charge on any atom is -0.490 e. The van der Waals surface area contributed by atoms with E-state index in [0.717, 1.165) is 22.4 Å². The first-order valence-electron chi connectivity index (χ1n) is 7.15. The highest BCUT2D eigenvalue weighted by atomic mass is 32.1. The van der Waals surface area contributed by atoms with E-state index < -0.39 is 0 Å². The van der Waals surface area contributed by atoms with Gasteiger partial charge in [-0.2, -0.15) is 0 Å². The lowest BCUT2D eigenvalue weighted by Crippen LogP contribution is -2.12. The van der Waals surface area contributed by atoms with Crippen molar-refractivity contribution in [1.82, 2.24) is 4.98 Å². The summed E-state index contributed by atoms with van der Waals surface area (Å²) in [6, 6.07) is 12.1. The van der Waals surface area contributed by atoms with Crippen LogP contribution >= 0.6 is 11.3 Å². The number of fused-ring (bicyclic) bond motifs is 1. The Labute approximate surface area is 127 Å². The maximum atomic E-state index is 6.36. The lowest BCUT2D eigenvalue weighted by molar-refractivity contribution is 0.303. The van der Waals surface area contributed by atoms with Crippen LogP contribution in [-0.2, 0) is 0 Å². The Hall–Kier alpha value is -1.91. The van der Waals surface area contributed by atoms with Crippen LogP contribution in [0.1, 0.15) is 30.0 Å². The van der Waals surface area contributed by atoms with E-state index in [2.05, 4.69) is 16.4 Å². The zero-order valence-electron chi connectivity index (χ0n) is 11.5. The van der Waals surface area contributed by atoms with Crippen molar-refractivity contribution in [2.45, 2.75) is 25.0 Å². The van der Waals surface area contributed by atoms with Crippen LogP contribution in [0.5, 0.6) is 5.75 Å². The highest BCUT2D eigenvalue weighted by Gasteiger charge is 2.23. The summed E-state index contributed by atoms with van der Waals surface area (Å²) in [5.41, 5.74) is 9.52. The van der Waals surface area contributed by atoms with Crippen LogP contribution in [0.25, 0.3) is 10.2 Å². The zero-order valence-corrected chi connectivity index (χ0v) is 12.3. The first-order chi connectivity index (χ1) is 10.3.